The molecule has 20 heavy (non-hydrogen) atoms. The van der Waals surface area contributed by atoms with Crippen molar-refractivity contribution in [1.82, 2.24) is 9.97 Å². The van der Waals surface area contributed by atoms with Gasteiger partial charge in [-0.2, -0.15) is 4.98 Å². The highest BCUT2D eigenvalue weighted by Gasteiger charge is 2.19. The van der Waals surface area contributed by atoms with Gasteiger partial charge in [-0.3, -0.25) is 0 Å². The quantitative estimate of drug-likeness (QED) is 0.855. The molecular formula is C15H17N3O2. The number of benzene rings is 1. The SMILES string of the molecule is COc1ccc2c(c1)CN(c1nccc(OC)n1)CC2. The van der Waals surface area contributed by atoms with Gasteiger partial charge in [-0.05, 0) is 29.7 Å². The molecule has 0 atom stereocenters. The zero-order chi connectivity index (χ0) is 13.9. The summed E-state index contributed by atoms with van der Waals surface area (Å²) in [7, 11) is 3.30. The van der Waals surface area contributed by atoms with E-state index in [1.165, 1.54) is 11.1 Å². The summed E-state index contributed by atoms with van der Waals surface area (Å²) in [5.41, 5.74) is 2.63. The van der Waals surface area contributed by atoms with Gasteiger partial charge in [0, 0.05) is 25.4 Å². The van der Waals surface area contributed by atoms with E-state index in [9.17, 15) is 0 Å². The van der Waals surface area contributed by atoms with Crippen LogP contribution in [0.5, 0.6) is 11.6 Å². The zero-order valence-electron chi connectivity index (χ0n) is 11.7. The molecule has 0 bridgehead atoms. The van der Waals surface area contributed by atoms with Crippen molar-refractivity contribution in [1.29, 1.82) is 0 Å². The fourth-order valence-electron chi connectivity index (χ4n) is 2.43. The number of hydrogen-bond acceptors (Lipinski definition) is 5. The molecule has 2 heterocycles. The second kappa shape index (κ2) is 5.36. The molecule has 1 aromatic carbocycles. The maximum atomic E-state index is 5.29. The predicted molar refractivity (Wildman–Crippen MR) is 76.3 cm³/mol. The summed E-state index contributed by atoms with van der Waals surface area (Å²) in [6.45, 7) is 1.70. The van der Waals surface area contributed by atoms with Gasteiger partial charge < -0.3 is 14.4 Å². The molecule has 1 aromatic heterocycles. The Balaban J connectivity index is 1.87. The summed E-state index contributed by atoms with van der Waals surface area (Å²) in [6, 6.07) is 7.99. The van der Waals surface area contributed by atoms with Gasteiger partial charge >= 0.3 is 0 Å². The highest BCUT2D eigenvalue weighted by molar-refractivity contribution is 5.43. The molecule has 1 aliphatic heterocycles. The summed E-state index contributed by atoms with van der Waals surface area (Å²) < 4.78 is 10.4. The molecule has 0 N–H and O–H groups in total. The van der Waals surface area contributed by atoms with Crippen molar-refractivity contribution in [3.05, 3.63) is 41.6 Å². The van der Waals surface area contributed by atoms with E-state index in [4.69, 9.17) is 9.47 Å². The number of fused-ring (bicyclic) bond motifs is 1. The summed E-state index contributed by atoms with van der Waals surface area (Å²) >= 11 is 0. The third-order valence-corrected chi connectivity index (χ3v) is 3.53. The minimum absolute atomic E-state index is 0.589. The lowest BCUT2D eigenvalue weighted by atomic mass is 10.00. The molecule has 0 spiro atoms. The van der Waals surface area contributed by atoms with Gasteiger partial charge in [-0.1, -0.05) is 6.07 Å². The minimum Gasteiger partial charge on any atom is -0.497 e. The molecule has 0 amide bonds. The number of hydrogen-bond donors (Lipinski definition) is 0. The molecule has 5 nitrogen and oxygen atoms in total. The first-order valence-electron chi connectivity index (χ1n) is 6.58. The van der Waals surface area contributed by atoms with Crippen molar-refractivity contribution < 1.29 is 9.47 Å². The van der Waals surface area contributed by atoms with E-state index < -0.39 is 0 Å². The van der Waals surface area contributed by atoms with Crippen LogP contribution in [0.2, 0.25) is 0 Å². The van der Waals surface area contributed by atoms with Gasteiger partial charge in [0.2, 0.25) is 11.8 Å². The topological polar surface area (TPSA) is 47.5 Å². The summed E-state index contributed by atoms with van der Waals surface area (Å²) in [4.78, 5) is 10.9. The highest BCUT2D eigenvalue weighted by atomic mass is 16.5. The molecule has 2 aromatic rings. The van der Waals surface area contributed by atoms with E-state index >= 15 is 0 Å². The van der Waals surface area contributed by atoms with E-state index in [0.717, 1.165) is 25.3 Å². The van der Waals surface area contributed by atoms with Crippen molar-refractivity contribution >= 4 is 5.95 Å². The van der Waals surface area contributed by atoms with Gasteiger partial charge in [0.05, 0.1) is 14.2 Å². The molecule has 0 fully saturated rings. The Morgan fingerprint density at radius 2 is 2.00 bits per heavy atom. The van der Waals surface area contributed by atoms with E-state index in [1.807, 2.05) is 6.07 Å². The molecule has 0 saturated heterocycles. The lowest BCUT2D eigenvalue weighted by molar-refractivity contribution is 0.396. The first-order chi connectivity index (χ1) is 9.80. The van der Waals surface area contributed by atoms with E-state index in [0.29, 0.717) is 11.8 Å². The van der Waals surface area contributed by atoms with Gasteiger partial charge in [-0.15, -0.1) is 0 Å². The lowest BCUT2D eigenvalue weighted by Crippen LogP contribution is -2.31. The van der Waals surface area contributed by atoms with Gasteiger partial charge in [0.15, 0.2) is 0 Å². The zero-order valence-corrected chi connectivity index (χ0v) is 11.7. The fraction of sp³-hybridized carbons (Fsp3) is 0.333. The summed E-state index contributed by atoms with van der Waals surface area (Å²) in [5.74, 6) is 2.18. The molecule has 0 saturated carbocycles. The maximum absolute atomic E-state index is 5.29. The third-order valence-electron chi connectivity index (χ3n) is 3.53. The predicted octanol–water partition coefficient (Wildman–Crippen LogP) is 2.06. The first-order valence-corrected chi connectivity index (χ1v) is 6.58. The van der Waals surface area contributed by atoms with Gasteiger partial charge in [0.25, 0.3) is 0 Å². The molecule has 0 aliphatic carbocycles. The molecule has 0 radical (unpaired) electrons. The van der Waals surface area contributed by atoms with Crippen LogP contribution in [0.3, 0.4) is 0 Å². The van der Waals surface area contributed by atoms with Crippen LogP contribution in [0.4, 0.5) is 5.95 Å². The third kappa shape index (κ3) is 2.39. The molecule has 1 aliphatic rings. The maximum Gasteiger partial charge on any atom is 0.228 e. The Bertz CT molecular complexity index is 616. The highest BCUT2D eigenvalue weighted by Crippen LogP contribution is 2.26. The van der Waals surface area contributed by atoms with Gasteiger partial charge in [0.1, 0.15) is 5.75 Å². The van der Waals surface area contributed by atoms with Crippen LogP contribution < -0.4 is 14.4 Å². The van der Waals surface area contributed by atoms with E-state index in [-0.39, 0.29) is 0 Å². The van der Waals surface area contributed by atoms with Crippen LogP contribution >= 0.6 is 0 Å². The Morgan fingerprint density at radius 1 is 1.10 bits per heavy atom. The van der Waals surface area contributed by atoms with Crippen molar-refractivity contribution in [3.63, 3.8) is 0 Å². The summed E-state index contributed by atoms with van der Waals surface area (Å²) in [5, 5.41) is 0. The smallest absolute Gasteiger partial charge is 0.228 e. The van der Waals surface area contributed by atoms with Crippen molar-refractivity contribution in [2.45, 2.75) is 13.0 Å². The number of ether oxygens (including phenoxy) is 2. The Morgan fingerprint density at radius 3 is 2.80 bits per heavy atom. The minimum atomic E-state index is 0.589. The number of rotatable bonds is 3. The molecule has 0 unspecified atom stereocenters. The monoisotopic (exact) mass is 271 g/mol. The number of anilines is 1. The molecule has 5 heteroatoms. The second-order valence-electron chi connectivity index (χ2n) is 4.71. The van der Waals surface area contributed by atoms with Crippen molar-refractivity contribution in [3.8, 4) is 11.6 Å². The fourth-order valence-corrected chi connectivity index (χ4v) is 2.43. The molecular weight excluding hydrogens is 254 g/mol. The van der Waals surface area contributed by atoms with Crippen LogP contribution in [0.1, 0.15) is 11.1 Å². The summed E-state index contributed by atoms with van der Waals surface area (Å²) in [6.07, 6.45) is 2.71. The molecule has 3 rings (SSSR count). The Kier molecular flexibility index (Phi) is 3.41. The number of methoxy groups -OCH3 is 2. The van der Waals surface area contributed by atoms with Crippen molar-refractivity contribution in [2.75, 3.05) is 25.7 Å². The van der Waals surface area contributed by atoms with Crippen LogP contribution in [-0.2, 0) is 13.0 Å². The first kappa shape index (κ1) is 12.7. The number of aromatic nitrogens is 2. The van der Waals surface area contributed by atoms with E-state index in [2.05, 4.69) is 27.0 Å². The number of nitrogens with zero attached hydrogens (tertiary/aromatic N) is 3. The van der Waals surface area contributed by atoms with Crippen LogP contribution in [0, 0.1) is 0 Å². The lowest BCUT2D eigenvalue weighted by Gasteiger charge is -2.29. The van der Waals surface area contributed by atoms with Crippen LogP contribution in [0.25, 0.3) is 0 Å². The van der Waals surface area contributed by atoms with E-state index in [1.54, 1.807) is 26.5 Å². The average Bonchev–Trinajstić information content (AvgIpc) is 2.53. The molecule has 104 valence electrons. The van der Waals surface area contributed by atoms with Crippen LogP contribution in [0.15, 0.2) is 30.5 Å². The standard InChI is InChI=1S/C15H17N3O2/c1-19-13-4-3-11-6-8-18(10-12(11)9-13)15-16-7-5-14(17-15)20-2/h3-5,7,9H,6,8,10H2,1-2H3. The normalized spacial score (nSPS) is 13.8. The Labute approximate surface area is 118 Å². The Hall–Kier alpha value is -2.30. The average molecular weight is 271 g/mol. The largest absolute Gasteiger partial charge is 0.497 e. The van der Waals surface area contributed by atoms with Crippen molar-refractivity contribution in [2.24, 2.45) is 0 Å². The van der Waals surface area contributed by atoms with Crippen LogP contribution in [-0.4, -0.2) is 30.7 Å². The second-order valence-corrected chi connectivity index (χ2v) is 4.71. The van der Waals surface area contributed by atoms with Gasteiger partial charge in [-0.25, -0.2) is 4.98 Å².